The number of ether oxygens (including phenoxy) is 9. The highest BCUT2D eigenvalue weighted by atomic mass is 16.7. The van der Waals surface area contributed by atoms with Crippen LogP contribution in [0.5, 0.6) is 0 Å². The molecule has 366 valence electrons. The zero-order valence-corrected chi connectivity index (χ0v) is 39.1. The minimum Gasteiger partial charge on any atom is -0.479 e. The van der Waals surface area contributed by atoms with Gasteiger partial charge in [-0.05, 0) is 34.7 Å². The van der Waals surface area contributed by atoms with Gasteiger partial charge in [-0.3, -0.25) is 9.59 Å². The first-order valence-corrected chi connectivity index (χ1v) is 23.2. The molecule has 2 aliphatic heterocycles. The van der Waals surface area contributed by atoms with Crippen molar-refractivity contribution in [2.75, 3.05) is 13.2 Å². The Balaban J connectivity index is 1.28. The molecule has 2 saturated heterocycles. The van der Waals surface area contributed by atoms with Gasteiger partial charge in [0, 0.05) is 13.8 Å². The maximum atomic E-state index is 13.4. The molecule has 3 N–H and O–H groups in total. The number of nitrogens with one attached hydrogen (secondary N) is 2. The van der Waals surface area contributed by atoms with Gasteiger partial charge in [-0.15, -0.1) is 0 Å². The third-order valence-corrected chi connectivity index (χ3v) is 11.6. The summed E-state index contributed by atoms with van der Waals surface area (Å²) < 4.78 is 59.9. The van der Waals surface area contributed by atoms with Gasteiger partial charge in [-0.2, -0.15) is 0 Å². The van der Waals surface area contributed by atoms with Gasteiger partial charge in [-0.25, -0.2) is 4.79 Å². The number of aliphatic carboxylic acids is 1. The molecule has 2 amide bonds. The molecule has 5 aromatic carbocycles. The Morgan fingerprint density at radius 3 is 1.28 bits per heavy atom. The van der Waals surface area contributed by atoms with Crippen LogP contribution in [0.3, 0.4) is 0 Å². The molecule has 0 radical (unpaired) electrons. The van der Waals surface area contributed by atoms with Crippen LogP contribution >= 0.6 is 0 Å². The fourth-order valence-electron chi connectivity index (χ4n) is 8.30. The first-order chi connectivity index (χ1) is 33.6. The average Bonchev–Trinajstić information content (AvgIpc) is 3.36. The van der Waals surface area contributed by atoms with Crippen molar-refractivity contribution >= 4 is 17.8 Å². The largest absolute Gasteiger partial charge is 0.479 e. The van der Waals surface area contributed by atoms with Crippen LogP contribution in [0.4, 0.5) is 0 Å². The number of carbonyl (C=O) groups excluding carboxylic acids is 2. The maximum absolute atomic E-state index is 13.4. The lowest BCUT2D eigenvalue weighted by molar-refractivity contribution is -0.346. The standard InChI is InChI=1S/C54H62N2O13/c1-36(52(59)60)66-51-47(56-38(3)58)53(65-33-43-27-17-8-18-28-43)67-45(35-62-30-40-21-11-5-12-22-40)49(51)69-54-46(55-37(2)57)50(64-32-42-25-15-7-16-26-42)48(63-31-41-23-13-6-14-24-41)44(68-54)34-61-29-39-19-9-4-10-20-39/h4-28,36,44-51,53-54H,29-35H2,1-3H3,(H,55,57)(H,56,58)(H,59,60)/t36-,44-,45-,46-,47-,48-,49-,50-,51-,53+,54+/m1/s1. The van der Waals surface area contributed by atoms with Crippen LogP contribution in [-0.4, -0.2) is 103 Å². The van der Waals surface area contributed by atoms with Gasteiger partial charge >= 0.3 is 5.97 Å². The summed E-state index contributed by atoms with van der Waals surface area (Å²) >= 11 is 0. The van der Waals surface area contributed by atoms with Crippen LogP contribution < -0.4 is 10.6 Å². The van der Waals surface area contributed by atoms with E-state index in [1.165, 1.54) is 20.8 Å². The molecule has 0 unspecified atom stereocenters. The topological polar surface area (TPSA) is 179 Å². The molecule has 2 fully saturated rings. The molecule has 7 rings (SSSR count). The lowest BCUT2D eigenvalue weighted by atomic mass is 9.93. The summed E-state index contributed by atoms with van der Waals surface area (Å²) in [6, 6.07) is 45.8. The lowest BCUT2D eigenvalue weighted by Crippen LogP contribution is -2.70. The van der Waals surface area contributed by atoms with E-state index in [-0.39, 0.29) is 46.2 Å². The fraction of sp³-hybridized carbons (Fsp3) is 0.389. The third kappa shape index (κ3) is 15.3. The molecular formula is C54H62N2O13. The first-order valence-electron chi connectivity index (χ1n) is 23.2. The summed E-state index contributed by atoms with van der Waals surface area (Å²) in [5.74, 6) is -2.13. The predicted molar refractivity (Wildman–Crippen MR) is 253 cm³/mol. The van der Waals surface area contributed by atoms with E-state index in [4.69, 9.17) is 42.6 Å². The van der Waals surface area contributed by atoms with Crippen molar-refractivity contribution in [1.29, 1.82) is 0 Å². The normalized spacial score (nSPS) is 25.0. The highest BCUT2D eigenvalue weighted by Crippen LogP contribution is 2.35. The Hall–Kier alpha value is -5.85. The van der Waals surface area contributed by atoms with E-state index in [0.29, 0.717) is 0 Å². The Morgan fingerprint density at radius 2 is 0.855 bits per heavy atom. The molecule has 69 heavy (non-hydrogen) atoms. The second-order valence-corrected chi connectivity index (χ2v) is 17.0. The quantitative estimate of drug-likeness (QED) is 0.0611. The monoisotopic (exact) mass is 946 g/mol. The highest BCUT2D eigenvalue weighted by molar-refractivity contribution is 5.74. The highest BCUT2D eigenvalue weighted by Gasteiger charge is 2.55. The molecule has 2 aliphatic rings. The van der Waals surface area contributed by atoms with Crippen molar-refractivity contribution < 1.29 is 62.1 Å². The average molecular weight is 947 g/mol. The Kier molecular flexibility index (Phi) is 19.4. The number of hydrogen-bond donors (Lipinski definition) is 3. The van der Waals surface area contributed by atoms with Gasteiger partial charge in [0.1, 0.15) is 48.7 Å². The van der Waals surface area contributed by atoms with Crippen molar-refractivity contribution in [3.05, 3.63) is 179 Å². The van der Waals surface area contributed by atoms with Gasteiger partial charge in [0.05, 0.1) is 46.2 Å². The molecule has 11 atom stereocenters. The number of carbonyl (C=O) groups is 3. The number of carboxylic acid groups (broad SMARTS) is 1. The second kappa shape index (κ2) is 26.2. The maximum Gasteiger partial charge on any atom is 0.332 e. The molecule has 0 saturated carbocycles. The SMILES string of the molecule is CC(=O)N[C@H]1[C@H](O[C@H]2[C@H](O[C@H](C)C(=O)O)[C@@H](NC(C)=O)[C@@H](OCc3ccccc3)O[C@@H]2COCc2ccccc2)O[C@H](COCc2ccccc2)[C@@H](OCc2ccccc2)[C@@H]1OCc1ccccc1. The molecule has 0 spiro atoms. The zero-order valence-electron chi connectivity index (χ0n) is 39.1. The molecule has 15 heteroatoms. The molecule has 5 aromatic rings. The smallest absolute Gasteiger partial charge is 0.332 e. The Labute approximate surface area is 403 Å². The van der Waals surface area contributed by atoms with E-state index in [1.54, 1.807) is 0 Å². The van der Waals surface area contributed by atoms with E-state index in [9.17, 15) is 19.5 Å². The van der Waals surface area contributed by atoms with E-state index in [0.717, 1.165) is 27.8 Å². The molecule has 15 nitrogen and oxygen atoms in total. The lowest BCUT2D eigenvalue weighted by Gasteiger charge is -2.50. The summed E-state index contributed by atoms with van der Waals surface area (Å²) in [5.41, 5.74) is 4.43. The van der Waals surface area contributed by atoms with Gasteiger partial charge in [0.15, 0.2) is 18.7 Å². The van der Waals surface area contributed by atoms with E-state index in [2.05, 4.69) is 10.6 Å². The van der Waals surface area contributed by atoms with Gasteiger partial charge in [-0.1, -0.05) is 152 Å². The van der Waals surface area contributed by atoms with Crippen molar-refractivity contribution in [2.24, 2.45) is 0 Å². The van der Waals surface area contributed by atoms with Crippen LogP contribution in [-0.2, 0) is 90.0 Å². The number of rotatable bonds is 24. The molecule has 0 aliphatic carbocycles. The summed E-state index contributed by atoms with van der Waals surface area (Å²) in [6.45, 7) is 4.85. The minimum absolute atomic E-state index is 0.0108. The van der Waals surface area contributed by atoms with Gasteiger partial charge in [0.2, 0.25) is 11.8 Å². The number of benzene rings is 5. The van der Waals surface area contributed by atoms with E-state index in [1.807, 2.05) is 152 Å². The molecule has 0 aromatic heterocycles. The van der Waals surface area contributed by atoms with Crippen LogP contribution in [0.1, 0.15) is 48.6 Å². The second-order valence-electron chi connectivity index (χ2n) is 17.0. The molecular weight excluding hydrogens is 885 g/mol. The van der Waals surface area contributed by atoms with Gasteiger partial charge < -0.3 is 58.4 Å². The minimum atomic E-state index is -1.40. The summed E-state index contributed by atoms with van der Waals surface area (Å²) in [7, 11) is 0. The van der Waals surface area contributed by atoms with Crippen LogP contribution in [0.15, 0.2) is 152 Å². The Morgan fingerprint density at radius 1 is 0.493 bits per heavy atom. The van der Waals surface area contributed by atoms with Crippen LogP contribution in [0.2, 0.25) is 0 Å². The van der Waals surface area contributed by atoms with E-state index < -0.39 is 85.2 Å². The number of hydrogen-bond acceptors (Lipinski definition) is 12. The van der Waals surface area contributed by atoms with Crippen LogP contribution in [0.25, 0.3) is 0 Å². The summed E-state index contributed by atoms with van der Waals surface area (Å²) in [4.78, 5) is 39.0. The van der Waals surface area contributed by atoms with Crippen molar-refractivity contribution in [3.63, 3.8) is 0 Å². The summed E-state index contributed by atoms with van der Waals surface area (Å²) in [5, 5.41) is 16.2. The van der Waals surface area contributed by atoms with Crippen molar-refractivity contribution in [1.82, 2.24) is 10.6 Å². The fourth-order valence-corrected chi connectivity index (χ4v) is 8.30. The third-order valence-electron chi connectivity index (χ3n) is 11.6. The van der Waals surface area contributed by atoms with Crippen molar-refractivity contribution in [2.45, 2.75) is 121 Å². The molecule has 0 bridgehead atoms. The Bertz CT molecular complexity index is 2300. The van der Waals surface area contributed by atoms with Gasteiger partial charge in [0.25, 0.3) is 0 Å². The number of amides is 2. The molecule has 2 heterocycles. The first kappa shape index (κ1) is 51.0. The predicted octanol–water partition coefficient (Wildman–Crippen LogP) is 6.51. The zero-order chi connectivity index (χ0) is 48.4. The number of carboxylic acids is 1. The summed E-state index contributed by atoms with van der Waals surface area (Å²) in [6.07, 6.45) is -10.1. The van der Waals surface area contributed by atoms with Crippen LogP contribution in [0, 0.1) is 0 Å². The van der Waals surface area contributed by atoms with E-state index >= 15 is 0 Å². The van der Waals surface area contributed by atoms with Crippen molar-refractivity contribution in [3.8, 4) is 0 Å².